The molecule has 0 aliphatic carbocycles. The number of amides is 1. The third-order valence-electron chi connectivity index (χ3n) is 3.87. The lowest BCUT2D eigenvalue weighted by Crippen LogP contribution is -2.20. The largest absolute Gasteiger partial charge is 0.486 e. The number of thiazole rings is 1. The van der Waals surface area contributed by atoms with Crippen LogP contribution in [0.1, 0.15) is 11.3 Å². The van der Waals surface area contributed by atoms with E-state index < -0.39 is 0 Å². The summed E-state index contributed by atoms with van der Waals surface area (Å²) in [5.74, 6) is 1.25. The predicted octanol–water partition coefficient (Wildman–Crippen LogP) is 3.31. The summed E-state index contributed by atoms with van der Waals surface area (Å²) >= 11 is 1.51. The number of nitrogens with one attached hydrogen (secondary N) is 1. The molecule has 3 aromatic rings. The highest BCUT2D eigenvalue weighted by Gasteiger charge is 2.11. The minimum absolute atomic E-state index is 0.183. The molecule has 4 rings (SSSR count). The molecule has 0 unspecified atom stereocenters. The molecular formula is C20H17N3O3S. The van der Waals surface area contributed by atoms with E-state index in [1.807, 2.05) is 41.8 Å². The van der Waals surface area contributed by atoms with Gasteiger partial charge in [-0.2, -0.15) is 0 Å². The molecule has 0 fully saturated rings. The van der Waals surface area contributed by atoms with Crippen LogP contribution in [-0.2, 0) is 11.3 Å². The Bertz CT molecular complexity index is 970. The van der Waals surface area contributed by atoms with Crippen LogP contribution in [0.5, 0.6) is 11.5 Å². The number of carbonyl (C=O) groups excluding carboxylic acids is 1. The van der Waals surface area contributed by atoms with Gasteiger partial charge >= 0.3 is 0 Å². The monoisotopic (exact) mass is 379 g/mol. The minimum atomic E-state index is -0.183. The highest BCUT2D eigenvalue weighted by atomic mass is 32.1. The first-order valence-corrected chi connectivity index (χ1v) is 9.37. The third kappa shape index (κ3) is 4.32. The Labute approximate surface area is 160 Å². The second-order valence-corrected chi connectivity index (χ2v) is 6.67. The van der Waals surface area contributed by atoms with Gasteiger partial charge in [-0.25, -0.2) is 4.98 Å². The maximum Gasteiger partial charge on any atom is 0.244 e. The zero-order valence-corrected chi connectivity index (χ0v) is 15.2. The molecule has 0 radical (unpaired) electrons. The Morgan fingerprint density at radius 3 is 2.93 bits per heavy atom. The van der Waals surface area contributed by atoms with Crippen LogP contribution in [0.15, 0.2) is 54.1 Å². The van der Waals surface area contributed by atoms with Crippen molar-refractivity contribution in [2.45, 2.75) is 6.54 Å². The molecule has 1 aromatic carbocycles. The second kappa shape index (κ2) is 8.01. The topological polar surface area (TPSA) is 73.3 Å². The molecule has 0 spiro atoms. The first-order valence-electron chi connectivity index (χ1n) is 8.49. The molecule has 1 amide bonds. The number of carbonyl (C=O) groups is 1. The summed E-state index contributed by atoms with van der Waals surface area (Å²) in [6, 6.07) is 11.3. The SMILES string of the molecule is O=C(/C=C\c1ccc2c(c1)OCCO2)NCc1csc(-c2ccccn2)n1. The number of nitrogens with zero attached hydrogens (tertiary/aromatic N) is 2. The van der Waals surface area contributed by atoms with Crippen molar-refractivity contribution < 1.29 is 14.3 Å². The average Bonchev–Trinajstić information content (AvgIpc) is 3.20. The molecule has 0 saturated heterocycles. The summed E-state index contributed by atoms with van der Waals surface area (Å²) in [5, 5.41) is 5.60. The van der Waals surface area contributed by atoms with Gasteiger partial charge in [-0.1, -0.05) is 12.1 Å². The van der Waals surface area contributed by atoms with E-state index in [0.717, 1.165) is 27.7 Å². The Balaban J connectivity index is 1.33. The fourth-order valence-corrected chi connectivity index (χ4v) is 3.36. The first-order chi connectivity index (χ1) is 13.3. The highest BCUT2D eigenvalue weighted by molar-refractivity contribution is 7.13. The van der Waals surface area contributed by atoms with Crippen molar-refractivity contribution in [3.8, 4) is 22.2 Å². The summed E-state index contributed by atoms with van der Waals surface area (Å²) in [7, 11) is 0. The van der Waals surface area contributed by atoms with E-state index in [1.165, 1.54) is 17.4 Å². The van der Waals surface area contributed by atoms with Gasteiger partial charge in [-0.15, -0.1) is 11.3 Å². The first kappa shape index (κ1) is 17.2. The number of aromatic nitrogens is 2. The molecular weight excluding hydrogens is 362 g/mol. The van der Waals surface area contributed by atoms with Gasteiger partial charge in [0.2, 0.25) is 5.91 Å². The van der Waals surface area contributed by atoms with Crippen LogP contribution in [0.25, 0.3) is 16.8 Å². The fraction of sp³-hybridized carbons (Fsp3) is 0.150. The lowest BCUT2D eigenvalue weighted by molar-refractivity contribution is -0.116. The molecule has 1 aliphatic heterocycles. The smallest absolute Gasteiger partial charge is 0.244 e. The van der Waals surface area contributed by atoms with Gasteiger partial charge in [-0.05, 0) is 35.9 Å². The maximum absolute atomic E-state index is 12.1. The molecule has 0 atom stereocenters. The predicted molar refractivity (Wildman–Crippen MR) is 104 cm³/mol. The van der Waals surface area contributed by atoms with Crippen LogP contribution >= 0.6 is 11.3 Å². The summed E-state index contributed by atoms with van der Waals surface area (Å²) in [6.45, 7) is 1.46. The van der Waals surface area contributed by atoms with E-state index in [4.69, 9.17) is 9.47 Å². The lowest BCUT2D eigenvalue weighted by Gasteiger charge is -2.18. The van der Waals surface area contributed by atoms with Crippen LogP contribution < -0.4 is 14.8 Å². The van der Waals surface area contributed by atoms with Crippen molar-refractivity contribution in [2.24, 2.45) is 0 Å². The molecule has 7 heteroatoms. The van der Waals surface area contributed by atoms with Crippen molar-refractivity contribution in [2.75, 3.05) is 13.2 Å². The Kier molecular flexibility index (Phi) is 5.11. The number of hydrogen-bond acceptors (Lipinski definition) is 6. The molecule has 6 nitrogen and oxygen atoms in total. The molecule has 1 aliphatic rings. The van der Waals surface area contributed by atoms with E-state index in [-0.39, 0.29) is 5.91 Å². The number of hydrogen-bond donors (Lipinski definition) is 1. The molecule has 136 valence electrons. The van der Waals surface area contributed by atoms with Gasteiger partial charge in [0.25, 0.3) is 0 Å². The number of fused-ring (bicyclic) bond motifs is 1. The normalized spacial score (nSPS) is 12.9. The number of benzene rings is 1. The van der Waals surface area contributed by atoms with Crippen LogP contribution in [0.3, 0.4) is 0 Å². The van der Waals surface area contributed by atoms with Gasteiger partial charge < -0.3 is 14.8 Å². The van der Waals surface area contributed by atoms with Crippen molar-refractivity contribution in [3.63, 3.8) is 0 Å². The van der Waals surface area contributed by atoms with E-state index in [9.17, 15) is 4.79 Å². The van der Waals surface area contributed by atoms with Crippen LogP contribution in [0, 0.1) is 0 Å². The standard InChI is InChI=1S/C20H17N3O3S/c24-19(7-5-14-4-6-17-18(11-14)26-10-9-25-17)22-12-15-13-27-20(23-15)16-3-1-2-8-21-16/h1-8,11,13H,9-10,12H2,(H,22,24)/b7-5-. The van der Waals surface area contributed by atoms with Crippen LogP contribution in [0.2, 0.25) is 0 Å². The summed E-state index contributed by atoms with van der Waals surface area (Å²) in [4.78, 5) is 20.9. The van der Waals surface area contributed by atoms with Gasteiger partial charge in [0, 0.05) is 17.7 Å². The molecule has 0 bridgehead atoms. The van der Waals surface area contributed by atoms with Crippen LogP contribution in [0.4, 0.5) is 0 Å². The fourth-order valence-electron chi connectivity index (χ4n) is 2.57. The van der Waals surface area contributed by atoms with E-state index >= 15 is 0 Å². The van der Waals surface area contributed by atoms with E-state index in [1.54, 1.807) is 12.3 Å². The lowest BCUT2D eigenvalue weighted by atomic mass is 10.2. The number of rotatable bonds is 5. The van der Waals surface area contributed by atoms with E-state index in [2.05, 4.69) is 15.3 Å². The average molecular weight is 379 g/mol. The Morgan fingerprint density at radius 2 is 2.07 bits per heavy atom. The minimum Gasteiger partial charge on any atom is -0.486 e. The number of pyridine rings is 1. The highest BCUT2D eigenvalue weighted by Crippen LogP contribution is 2.31. The second-order valence-electron chi connectivity index (χ2n) is 5.81. The van der Waals surface area contributed by atoms with E-state index in [0.29, 0.717) is 25.5 Å². The summed E-state index contributed by atoms with van der Waals surface area (Å²) in [5.41, 5.74) is 2.51. The third-order valence-corrected chi connectivity index (χ3v) is 4.79. The van der Waals surface area contributed by atoms with Gasteiger partial charge in [0.1, 0.15) is 18.2 Å². The molecule has 3 heterocycles. The Morgan fingerprint density at radius 1 is 1.19 bits per heavy atom. The molecule has 2 aromatic heterocycles. The summed E-state index contributed by atoms with van der Waals surface area (Å²) < 4.78 is 11.0. The zero-order chi connectivity index (χ0) is 18.5. The summed E-state index contributed by atoms with van der Waals surface area (Å²) in [6.07, 6.45) is 4.98. The molecule has 0 saturated carbocycles. The number of ether oxygens (including phenoxy) is 2. The molecule has 1 N–H and O–H groups in total. The quantitative estimate of drug-likeness (QED) is 0.689. The van der Waals surface area contributed by atoms with Crippen molar-refractivity contribution in [3.05, 3.63) is 65.3 Å². The maximum atomic E-state index is 12.1. The van der Waals surface area contributed by atoms with Gasteiger partial charge in [0.15, 0.2) is 11.5 Å². The van der Waals surface area contributed by atoms with Crippen molar-refractivity contribution in [1.29, 1.82) is 0 Å². The van der Waals surface area contributed by atoms with Gasteiger partial charge in [-0.3, -0.25) is 9.78 Å². The van der Waals surface area contributed by atoms with Crippen LogP contribution in [-0.4, -0.2) is 29.1 Å². The van der Waals surface area contributed by atoms with Crippen molar-refractivity contribution in [1.82, 2.24) is 15.3 Å². The zero-order valence-electron chi connectivity index (χ0n) is 14.4. The van der Waals surface area contributed by atoms with Crippen molar-refractivity contribution >= 4 is 23.3 Å². The van der Waals surface area contributed by atoms with Gasteiger partial charge in [0.05, 0.1) is 17.9 Å². The Hall–Kier alpha value is -3.19. The molecule has 27 heavy (non-hydrogen) atoms.